The van der Waals surface area contributed by atoms with Crippen LogP contribution >= 0.6 is 39.2 Å². The number of hydrogen-bond acceptors (Lipinski definition) is 4. The van der Waals surface area contributed by atoms with Crippen molar-refractivity contribution < 1.29 is 0 Å². The van der Waals surface area contributed by atoms with Gasteiger partial charge in [0.05, 0.1) is 0 Å². The molecule has 1 aromatic rings. The molecule has 2 nitrogen and oxygen atoms in total. The summed E-state index contributed by atoms with van der Waals surface area (Å²) in [5.41, 5.74) is 0.552. The first kappa shape index (κ1) is 9.93. The normalized spacial score (nSPS) is 19.8. The summed E-state index contributed by atoms with van der Waals surface area (Å²) >= 11 is 6.95. The first-order valence-corrected chi connectivity index (χ1v) is 7.18. The highest BCUT2D eigenvalue weighted by atomic mass is 79.9. The van der Waals surface area contributed by atoms with Gasteiger partial charge in [0, 0.05) is 11.1 Å². The SMILES string of the molecule is BrCC1(CSc2ncns2)CCC1. The summed E-state index contributed by atoms with van der Waals surface area (Å²) in [5, 5.41) is 1.13. The minimum absolute atomic E-state index is 0.552. The van der Waals surface area contributed by atoms with Gasteiger partial charge in [-0.05, 0) is 29.8 Å². The van der Waals surface area contributed by atoms with Gasteiger partial charge in [-0.2, -0.15) is 4.37 Å². The fourth-order valence-electron chi connectivity index (χ4n) is 1.43. The van der Waals surface area contributed by atoms with Gasteiger partial charge in [-0.3, -0.25) is 0 Å². The average Bonchev–Trinajstić information content (AvgIpc) is 2.56. The molecule has 1 fully saturated rings. The molecule has 0 bridgehead atoms. The lowest BCUT2D eigenvalue weighted by Gasteiger charge is -2.39. The molecule has 0 aromatic carbocycles. The van der Waals surface area contributed by atoms with E-state index in [9.17, 15) is 0 Å². The molecular weight excluding hydrogens is 268 g/mol. The molecule has 13 heavy (non-hydrogen) atoms. The Morgan fingerprint density at radius 1 is 1.62 bits per heavy atom. The summed E-state index contributed by atoms with van der Waals surface area (Å²) in [6.45, 7) is 0. The molecule has 0 aliphatic heterocycles. The summed E-state index contributed by atoms with van der Waals surface area (Å²) in [6, 6.07) is 0. The van der Waals surface area contributed by atoms with Crippen molar-refractivity contribution in [3.8, 4) is 0 Å². The number of hydrogen-bond donors (Lipinski definition) is 0. The Morgan fingerprint density at radius 2 is 2.46 bits per heavy atom. The van der Waals surface area contributed by atoms with Gasteiger partial charge in [-0.1, -0.05) is 34.1 Å². The second kappa shape index (κ2) is 4.28. The van der Waals surface area contributed by atoms with Crippen molar-refractivity contribution in [3.63, 3.8) is 0 Å². The van der Waals surface area contributed by atoms with E-state index in [2.05, 4.69) is 25.3 Å². The summed E-state index contributed by atoms with van der Waals surface area (Å²) in [4.78, 5) is 4.17. The van der Waals surface area contributed by atoms with Crippen LogP contribution in [0.2, 0.25) is 0 Å². The smallest absolute Gasteiger partial charge is 0.169 e. The Morgan fingerprint density at radius 3 is 2.92 bits per heavy atom. The van der Waals surface area contributed by atoms with E-state index in [0.29, 0.717) is 5.41 Å². The van der Waals surface area contributed by atoms with Crippen LogP contribution in [0.3, 0.4) is 0 Å². The molecule has 1 heterocycles. The standard InChI is InChI=1S/C8H11BrN2S2/c9-4-8(2-1-3-8)5-12-7-10-6-11-13-7/h6H,1-5H2. The van der Waals surface area contributed by atoms with Crippen LogP contribution in [-0.2, 0) is 0 Å². The maximum absolute atomic E-state index is 4.17. The fraction of sp³-hybridized carbons (Fsp3) is 0.750. The number of aromatic nitrogens is 2. The van der Waals surface area contributed by atoms with Crippen LogP contribution < -0.4 is 0 Å². The van der Waals surface area contributed by atoms with E-state index in [1.165, 1.54) is 36.5 Å². The predicted octanol–water partition coefficient (Wildman–Crippen LogP) is 3.20. The maximum atomic E-state index is 4.17. The Balaban J connectivity index is 1.84. The van der Waals surface area contributed by atoms with Gasteiger partial charge in [-0.15, -0.1) is 0 Å². The van der Waals surface area contributed by atoms with Gasteiger partial charge in [0.15, 0.2) is 4.34 Å². The maximum Gasteiger partial charge on any atom is 0.169 e. The average molecular weight is 279 g/mol. The highest BCUT2D eigenvalue weighted by Gasteiger charge is 2.35. The number of nitrogens with zero attached hydrogens (tertiary/aromatic N) is 2. The van der Waals surface area contributed by atoms with Crippen LogP contribution in [-0.4, -0.2) is 20.4 Å². The van der Waals surface area contributed by atoms with Crippen LogP contribution in [0.5, 0.6) is 0 Å². The first-order valence-electron chi connectivity index (χ1n) is 4.30. The minimum Gasteiger partial charge on any atom is -0.216 e. The molecule has 0 radical (unpaired) electrons. The lowest BCUT2D eigenvalue weighted by atomic mass is 9.72. The third kappa shape index (κ3) is 2.25. The largest absolute Gasteiger partial charge is 0.216 e. The zero-order valence-electron chi connectivity index (χ0n) is 7.20. The molecule has 1 aromatic heterocycles. The molecule has 0 unspecified atom stereocenters. The molecule has 0 N–H and O–H groups in total. The van der Waals surface area contributed by atoms with Crippen LogP contribution in [0.15, 0.2) is 10.7 Å². The summed E-state index contributed by atoms with van der Waals surface area (Å²) in [7, 11) is 0. The molecule has 0 saturated heterocycles. The van der Waals surface area contributed by atoms with E-state index in [1.807, 2.05) is 11.8 Å². The quantitative estimate of drug-likeness (QED) is 0.625. The highest BCUT2D eigenvalue weighted by molar-refractivity contribution is 9.09. The molecule has 1 aliphatic carbocycles. The van der Waals surface area contributed by atoms with Crippen LogP contribution in [0.1, 0.15) is 19.3 Å². The number of halogens is 1. The monoisotopic (exact) mass is 278 g/mol. The zero-order valence-corrected chi connectivity index (χ0v) is 10.4. The Kier molecular flexibility index (Phi) is 3.26. The van der Waals surface area contributed by atoms with Gasteiger partial charge in [0.1, 0.15) is 6.33 Å². The van der Waals surface area contributed by atoms with Crippen molar-refractivity contribution in [2.24, 2.45) is 5.41 Å². The Labute approximate surface area is 94.8 Å². The van der Waals surface area contributed by atoms with E-state index < -0.39 is 0 Å². The molecule has 2 rings (SSSR count). The lowest BCUT2D eigenvalue weighted by molar-refractivity contribution is 0.206. The lowest BCUT2D eigenvalue weighted by Crippen LogP contribution is -2.33. The summed E-state index contributed by atoms with van der Waals surface area (Å²) in [6.07, 6.45) is 5.75. The first-order chi connectivity index (χ1) is 6.35. The van der Waals surface area contributed by atoms with Crippen LogP contribution in [0.25, 0.3) is 0 Å². The van der Waals surface area contributed by atoms with Gasteiger partial charge in [0.2, 0.25) is 0 Å². The predicted molar refractivity (Wildman–Crippen MR) is 60.7 cm³/mol. The van der Waals surface area contributed by atoms with Crippen molar-refractivity contribution in [3.05, 3.63) is 6.33 Å². The van der Waals surface area contributed by atoms with Crippen molar-refractivity contribution in [1.29, 1.82) is 0 Å². The third-order valence-corrected chi connectivity index (χ3v) is 5.88. The van der Waals surface area contributed by atoms with Gasteiger partial charge in [0.25, 0.3) is 0 Å². The molecule has 72 valence electrons. The van der Waals surface area contributed by atoms with E-state index in [-0.39, 0.29) is 0 Å². The second-order valence-corrected chi connectivity index (χ2v) is 6.05. The zero-order chi connectivity index (χ0) is 9.15. The molecule has 0 atom stereocenters. The minimum atomic E-state index is 0.552. The molecule has 0 amide bonds. The van der Waals surface area contributed by atoms with Crippen LogP contribution in [0, 0.1) is 5.41 Å². The highest BCUT2D eigenvalue weighted by Crippen LogP contribution is 2.45. The van der Waals surface area contributed by atoms with Crippen molar-refractivity contribution in [2.45, 2.75) is 23.6 Å². The van der Waals surface area contributed by atoms with Gasteiger partial charge in [-0.25, -0.2) is 4.98 Å². The number of rotatable bonds is 4. The van der Waals surface area contributed by atoms with Gasteiger partial charge >= 0.3 is 0 Å². The molecule has 0 spiro atoms. The van der Waals surface area contributed by atoms with Gasteiger partial charge < -0.3 is 0 Å². The number of thioether (sulfide) groups is 1. The fourth-order valence-corrected chi connectivity index (χ4v) is 4.19. The molecular formula is C8H11BrN2S2. The van der Waals surface area contributed by atoms with Crippen molar-refractivity contribution >= 4 is 39.2 Å². The molecule has 1 saturated carbocycles. The molecule has 5 heteroatoms. The van der Waals surface area contributed by atoms with E-state index in [1.54, 1.807) is 6.33 Å². The molecule has 1 aliphatic rings. The number of alkyl halides is 1. The summed E-state index contributed by atoms with van der Waals surface area (Å²) < 4.78 is 5.09. The topological polar surface area (TPSA) is 25.8 Å². The second-order valence-electron chi connectivity index (χ2n) is 3.48. The summed E-state index contributed by atoms with van der Waals surface area (Å²) in [5.74, 6) is 1.19. The Bertz CT molecular complexity index is 254. The van der Waals surface area contributed by atoms with E-state index in [0.717, 1.165) is 9.67 Å². The van der Waals surface area contributed by atoms with Crippen LogP contribution in [0.4, 0.5) is 0 Å². The van der Waals surface area contributed by atoms with Crippen molar-refractivity contribution in [1.82, 2.24) is 9.36 Å². The Hall–Kier alpha value is 0.390. The third-order valence-electron chi connectivity index (χ3n) is 2.54. The van der Waals surface area contributed by atoms with Crippen molar-refractivity contribution in [2.75, 3.05) is 11.1 Å². The van der Waals surface area contributed by atoms with E-state index in [4.69, 9.17) is 0 Å². The van der Waals surface area contributed by atoms with E-state index >= 15 is 0 Å².